The lowest BCUT2D eigenvalue weighted by Gasteiger charge is -2.10. The molecule has 0 bridgehead atoms. The first-order valence-electron chi connectivity index (χ1n) is 3.06. The molecule has 1 aromatic heterocycles. The summed E-state index contributed by atoms with van der Waals surface area (Å²) in [7, 11) is 0. The van der Waals surface area contributed by atoms with Gasteiger partial charge in [-0.1, -0.05) is 0 Å². The molecule has 3 nitrogen and oxygen atoms in total. The van der Waals surface area contributed by atoms with E-state index >= 15 is 0 Å². The van der Waals surface area contributed by atoms with Crippen molar-refractivity contribution in [2.45, 2.75) is 0 Å². The molecule has 0 spiro atoms. The van der Waals surface area contributed by atoms with E-state index in [0.29, 0.717) is 11.4 Å². The zero-order valence-electron chi connectivity index (χ0n) is 5.52. The van der Waals surface area contributed by atoms with Crippen LogP contribution in [0, 0.1) is 0 Å². The van der Waals surface area contributed by atoms with E-state index in [1.54, 1.807) is 18.3 Å². The predicted molar refractivity (Wildman–Crippen MR) is 43.1 cm³/mol. The van der Waals surface area contributed by atoms with E-state index in [0.717, 1.165) is 12.0 Å². The second kappa shape index (κ2) is 2.47. The number of fused-ring (bicyclic) bond motifs is 1. The highest BCUT2D eigenvalue weighted by Gasteiger charge is 2.13. The molecule has 1 aliphatic rings. The Hall–Kier alpha value is -1.16. The van der Waals surface area contributed by atoms with Crippen LogP contribution in [0.3, 0.4) is 0 Å². The second-order valence-corrected chi connectivity index (χ2v) is 2.63. The minimum Gasteiger partial charge on any atom is -0.505 e. The Morgan fingerprint density at radius 3 is 3.27 bits per heavy atom. The lowest BCUT2D eigenvalue weighted by molar-refractivity contribution is 0.500. The summed E-state index contributed by atoms with van der Waals surface area (Å²) in [5.74, 6) is 0.773. The van der Waals surface area contributed by atoms with Gasteiger partial charge in [0.2, 0.25) is 0 Å². The smallest absolute Gasteiger partial charge is 0.167 e. The van der Waals surface area contributed by atoms with Gasteiger partial charge in [-0.25, -0.2) is 4.98 Å². The molecule has 11 heavy (non-hydrogen) atoms. The van der Waals surface area contributed by atoms with Crippen molar-refractivity contribution < 1.29 is 9.29 Å². The molecule has 0 fully saturated rings. The number of hydrogen-bond acceptors (Lipinski definition) is 4. The Morgan fingerprint density at radius 1 is 1.55 bits per heavy atom. The maximum atomic E-state index is 9.26. The first-order chi connectivity index (χ1) is 5.38. The fraction of sp³-hybridized carbons (Fsp3) is 0. The van der Waals surface area contributed by atoms with E-state index in [2.05, 4.69) is 4.98 Å². The van der Waals surface area contributed by atoms with Crippen molar-refractivity contribution in [1.29, 1.82) is 0 Å². The van der Waals surface area contributed by atoms with Crippen molar-refractivity contribution in [3.05, 3.63) is 29.4 Å². The molecule has 1 aliphatic heterocycles. The zero-order valence-corrected chi connectivity index (χ0v) is 6.34. The zero-order chi connectivity index (χ0) is 7.68. The SMILES string of the molecule is OC1=CSOc2cccnc21. The summed E-state index contributed by atoms with van der Waals surface area (Å²) in [6, 6.07) is 3.52. The molecular weight excluding hydrogens is 162 g/mol. The van der Waals surface area contributed by atoms with Crippen molar-refractivity contribution in [3.63, 3.8) is 0 Å². The molecule has 0 saturated heterocycles. The number of aliphatic hydroxyl groups excluding tert-OH is 1. The predicted octanol–water partition coefficient (Wildman–Crippen LogP) is 1.98. The third kappa shape index (κ3) is 1.05. The average Bonchev–Trinajstić information content (AvgIpc) is 2.06. The van der Waals surface area contributed by atoms with Crippen LogP contribution >= 0.6 is 12.0 Å². The first kappa shape index (κ1) is 6.54. The van der Waals surface area contributed by atoms with Crippen LogP contribution in [0.1, 0.15) is 5.69 Å². The highest BCUT2D eigenvalue weighted by Crippen LogP contribution is 2.31. The van der Waals surface area contributed by atoms with Gasteiger partial charge < -0.3 is 9.29 Å². The van der Waals surface area contributed by atoms with Crippen molar-refractivity contribution in [3.8, 4) is 5.75 Å². The van der Waals surface area contributed by atoms with Crippen LogP contribution in [0.25, 0.3) is 5.76 Å². The highest BCUT2D eigenvalue weighted by molar-refractivity contribution is 7.98. The Morgan fingerprint density at radius 2 is 2.45 bits per heavy atom. The van der Waals surface area contributed by atoms with E-state index in [9.17, 15) is 5.11 Å². The normalized spacial score (nSPS) is 14.7. The minimum atomic E-state index is 0.164. The van der Waals surface area contributed by atoms with E-state index in [-0.39, 0.29) is 5.76 Å². The van der Waals surface area contributed by atoms with Crippen molar-refractivity contribution in [2.24, 2.45) is 0 Å². The van der Waals surface area contributed by atoms with Crippen LogP contribution in [0.5, 0.6) is 5.75 Å². The monoisotopic (exact) mass is 167 g/mol. The number of aliphatic hydroxyl groups is 1. The molecule has 2 heterocycles. The van der Waals surface area contributed by atoms with Gasteiger partial charge in [-0.2, -0.15) is 0 Å². The number of pyridine rings is 1. The molecule has 56 valence electrons. The maximum Gasteiger partial charge on any atom is 0.167 e. The van der Waals surface area contributed by atoms with Crippen molar-refractivity contribution >= 4 is 17.8 Å². The molecule has 0 aliphatic carbocycles. The van der Waals surface area contributed by atoms with Crippen molar-refractivity contribution in [1.82, 2.24) is 4.98 Å². The molecule has 0 atom stereocenters. The van der Waals surface area contributed by atoms with Gasteiger partial charge >= 0.3 is 0 Å². The fourth-order valence-corrected chi connectivity index (χ4v) is 1.32. The van der Waals surface area contributed by atoms with Gasteiger partial charge in [-0.05, 0) is 12.1 Å². The molecule has 0 unspecified atom stereocenters. The van der Waals surface area contributed by atoms with Crippen molar-refractivity contribution in [2.75, 3.05) is 0 Å². The van der Waals surface area contributed by atoms with Gasteiger partial charge in [0.1, 0.15) is 5.69 Å². The lowest BCUT2D eigenvalue weighted by atomic mass is 10.3. The summed E-state index contributed by atoms with van der Waals surface area (Å²) in [6.45, 7) is 0. The molecular formula is C7H5NO2S. The Kier molecular flexibility index (Phi) is 1.47. The molecule has 2 rings (SSSR count). The third-order valence-corrected chi connectivity index (χ3v) is 1.91. The summed E-state index contributed by atoms with van der Waals surface area (Å²) in [6.07, 6.45) is 1.61. The molecule has 1 aromatic rings. The summed E-state index contributed by atoms with van der Waals surface area (Å²) in [5.41, 5.74) is 0.506. The van der Waals surface area contributed by atoms with Gasteiger partial charge in [-0.3, -0.25) is 0 Å². The van der Waals surface area contributed by atoms with Gasteiger partial charge in [0, 0.05) is 6.20 Å². The number of nitrogens with zero attached hydrogens (tertiary/aromatic N) is 1. The van der Waals surface area contributed by atoms with E-state index in [1.807, 2.05) is 0 Å². The van der Waals surface area contributed by atoms with Crippen LogP contribution in [-0.4, -0.2) is 10.1 Å². The van der Waals surface area contributed by atoms with Crippen LogP contribution in [0.15, 0.2) is 23.7 Å². The van der Waals surface area contributed by atoms with Crippen LogP contribution in [0.4, 0.5) is 0 Å². The topological polar surface area (TPSA) is 42.4 Å². The number of rotatable bonds is 0. The Bertz CT molecular complexity index is 311. The fourth-order valence-electron chi connectivity index (χ4n) is 0.827. The molecule has 0 amide bonds. The molecule has 0 radical (unpaired) electrons. The van der Waals surface area contributed by atoms with E-state index in [1.165, 1.54) is 5.41 Å². The second-order valence-electron chi connectivity index (χ2n) is 2.03. The molecule has 0 aromatic carbocycles. The average molecular weight is 167 g/mol. The van der Waals surface area contributed by atoms with E-state index in [4.69, 9.17) is 4.18 Å². The Balaban J connectivity index is 2.56. The van der Waals surface area contributed by atoms with Crippen LogP contribution in [0.2, 0.25) is 0 Å². The van der Waals surface area contributed by atoms with Gasteiger partial charge in [-0.15, -0.1) is 0 Å². The number of aromatic nitrogens is 1. The van der Waals surface area contributed by atoms with Gasteiger partial charge in [0.25, 0.3) is 0 Å². The first-order valence-corrected chi connectivity index (χ1v) is 3.86. The maximum absolute atomic E-state index is 9.26. The summed E-state index contributed by atoms with van der Waals surface area (Å²) < 4.78 is 5.11. The van der Waals surface area contributed by atoms with E-state index < -0.39 is 0 Å². The summed E-state index contributed by atoms with van der Waals surface area (Å²) in [5, 5.41) is 10.8. The quantitative estimate of drug-likeness (QED) is 0.600. The number of hydrogen-bond donors (Lipinski definition) is 1. The summed E-state index contributed by atoms with van der Waals surface area (Å²) in [4.78, 5) is 3.94. The van der Waals surface area contributed by atoms with Gasteiger partial charge in [0.15, 0.2) is 11.5 Å². The lowest BCUT2D eigenvalue weighted by Crippen LogP contribution is -1.96. The molecule has 0 saturated carbocycles. The highest BCUT2D eigenvalue weighted by atomic mass is 32.2. The molecule has 4 heteroatoms. The summed E-state index contributed by atoms with van der Waals surface area (Å²) >= 11 is 1.09. The standard InChI is InChI=1S/C7H5NO2S/c9-5-4-11-10-6-2-1-3-8-7(5)6/h1-4,9H. The largest absolute Gasteiger partial charge is 0.505 e. The van der Waals surface area contributed by atoms with Gasteiger partial charge in [0.05, 0.1) is 17.5 Å². The molecule has 1 N–H and O–H groups in total. The van der Waals surface area contributed by atoms with Crippen LogP contribution < -0.4 is 4.18 Å². The minimum absolute atomic E-state index is 0.164. The Labute approximate surface area is 67.9 Å². The van der Waals surface area contributed by atoms with Crippen LogP contribution in [-0.2, 0) is 0 Å². The third-order valence-electron chi connectivity index (χ3n) is 1.31.